The average molecular weight is 589 g/mol. The molecule has 0 aliphatic carbocycles. The Hall–Kier alpha value is -5.50. The number of fused-ring (bicyclic) bond motifs is 6. The molecule has 9 rings (SSSR count). The fourth-order valence-corrected chi connectivity index (χ4v) is 8.07. The van der Waals surface area contributed by atoms with Crippen LogP contribution in [0.4, 0.5) is 0 Å². The summed E-state index contributed by atoms with van der Waals surface area (Å²) in [5.41, 5.74) is 9.96. The van der Waals surface area contributed by atoms with Gasteiger partial charge in [-0.05, 0) is 84.3 Å². The van der Waals surface area contributed by atoms with Crippen molar-refractivity contribution in [3.8, 4) is 44.5 Å². The van der Waals surface area contributed by atoms with Crippen LogP contribution in [0, 0.1) is 0 Å². The number of benzene rings is 8. The number of hydrogen-bond donors (Lipinski definition) is 0. The molecule has 1 heteroatoms. The Bertz CT molecular complexity index is 2510. The van der Waals surface area contributed by atoms with E-state index in [4.69, 9.17) is 0 Å². The van der Waals surface area contributed by atoms with Crippen molar-refractivity contribution in [2.75, 3.05) is 0 Å². The van der Waals surface area contributed by atoms with Gasteiger partial charge in [-0.1, -0.05) is 152 Å². The molecule has 0 radical (unpaired) electrons. The van der Waals surface area contributed by atoms with Gasteiger partial charge in [0.15, 0.2) is 0 Å². The summed E-state index contributed by atoms with van der Waals surface area (Å²) in [6, 6.07) is 62.1. The van der Waals surface area contributed by atoms with E-state index < -0.39 is 0 Å². The van der Waals surface area contributed by atoms with Gasteiger partial charge >= 0.3 is 0 Å². The fraction of sp³-hybridized carbons (Fsp3) is 0. The van der Waals surface area contributed by atoms with Crippen LogP contribution in [0.5, 0.6) is 0 Å². The molecule has 0 unspecified atom stereocenters. The largest absolute Gasteiger partial charge is 0.135 e. The van der Waals surface area contributed by atoms with E-state index in [1.807, 2.05) is 11.3 Å². The lowest BCUT2D eigenvalue weighted by Crippen LogP contribution is -1.86. The molecule has 0 aliphatic heterocycles. The van der Waals surface area contributed by atoms with Crippen molar-refractivity contribution in [2.24, 2.45) is 0 Å². The fourth-order valence-electron chi connectivity index (χ4n) is 6.83. The molecule has 0 spiro atoms. The van der Waals surface area contributed by atoms with Crippen molar-refractivity contribution in [1.29, 1.82) is 0 Å². The zero-order valence-corrected chi connectivity index (χ0v) is 25.4. The first-order valence-electron chi connectivity index (χ1n) is 15.4. The molecule has 0 aliphatic rings. The van der Waals surface area contributed by atoms with E-state index in [-0.39, 0.29) is 0 Å². The average Bonchev–Trinajstić information content (AvgIpc) is 3.51. The highest BCUT2D eigenvalue weighted by Gasteiger charge is 2.12. The summed E-state index contributed by atoms with van der Waals surface area (Å²) < 4.78 is 2.70. The van der Waals surface area contributed by atoms with E-state index in [0.29, 0.717) is 0 Å². The predicted molar refractivity (Wildman–Crippen MR) is 196 cm³/mol. The van der Waals surface area contributed by atoms with Gasteiger partial charge in [0.05, 0.1) is 0 Å². The minimum Gasteiger partial charge on any atom is -0.135 e. The van der Waals surface area contributed by atoms with E-state index in [9.17, 15) is 0 Å². The van der Waals surface area contributed by atoms with Crippen molar-refractivity contribution in [1.82, 2.24) is 0 Å². The van der Waals surface area contributed by atoms with Gasteiger partial charge in [0.1, 0.15) is 0 Å². The molecule has 0 N–H and O–H groups in total. The van der Waals surface area contributed by atoms with Crippen LogP contribution >= 0.6 is 11.3 Å². The van der Waals surface area contributed by atoms with Gasteiger partial charge < -0.3 is 0 Å². The minimum absolute atomic E-state index is 1.22. The molecule has 0 saturated carbocycles. The van der Waals surface area contributed by atoms with Crippen molar-refractivity contribution in [3.63, 3.8) is 0 Å². The maximum absolute atomic E-state index is 2.33. The summed E-state index contributed by atoms with van der Waals surface area (Å²) in [4.78, 5) is 0. The highest BCUT2D eigenvalue weighted by atomic mass is 32.1. The van der Waals surface area contributed by atoms with E-state index in [1.54, 1.807) is 0 Å². The summed E-state index contributed by atoms with van der Waals surface area (Å²) in [6.45, 7) is 0. The van der Waals surface area contributed by atoms with E-state index in [0.717, 1.165) is 0 Å². The Labute approximate surface area is 266 Å². The van der Waals surface area contributed by atoms with Crippen LogP contribution in [0.2, 0.25) is 0 Å². The first-order chi connectivity index (χ1) is 22.3. The molecule has 0 bridgehead atoms. The highest BCUT2D eigenvalue weighted by Crippen LogP contribution is 2.40. The molecule has 1 aromatic heterocycles. The van der Waals surface area contributed by atoms with Crippen LogP contribution in [0.1, 0.15) is 0 Å². The third kappa shape index (κ3) is 4.44. The summed E-state index contributed by atoms with van der Waals surface area (Å²) in [5, 5.41) is 7.84. The van der Waals surface area contributed by atoms with E-state index in [1.165, 1.54) is 86.2 Å². The van der Waals surface area contributed by atoms with Gasteiger partial charge in [-0.2, -0.15) is 0 Å². The second kappa shape index (κ2) is 10.6. The number of thiophene rings is 1. The first kappa shape index (κ1) is 25.9. The zero-order chi connectivity index (χ0) is 29.7. The second-order valence-electron chi connectivity index (χ2n) is 11.7. The van der Waals surface area contributed by atoms with Crippen LogP contribution in [0.15, 0.2) is 170 Å². The van der Waals surface area contributed by atoms with E-state index in [2.05, 4.69) is 170 Å². The van der Waals surface area contributed by atoms with Crippen molar-refractivity contribution in [2.45, 2.75) is 0 Å². The van der Waals surface area contributed by atoms with Crippen LogP contribution in [0.3, 0.4) is 0 Å². The summed E-state index contributed by atoms with van der Waals surface area (Å²) in [6.07, 6.45) is 0. The van der Waals surface area contributed by atoms with Crippen molar-refractivity contribution >= 4 is 53.1 Å². The Morgan fingerprint density at radius 3 is 1.56 bits per heavy atom. The quantitative estimate of drug-likeness (QED) is 0.179. The second-order valence-corrected chi connectivity index (χ2v) is 12.8. The molecule has 0 fully saturated rings. The SMILES string of the molecule is c1cc(-c2ccc(-c3cc4ccccc4c4ccccc34)cc2)cc(-c2ccc(-c3cccc4c3sc3ccccc34)cc2)c1. The molecule has 8 aromatic carbocycles. The monoisotopic (exact) mass is 588 g/mol. The topological polar surface area (TPSA) is 0 Å². The van der Waals surface area contributed by atoms with Gasteiger partial charge in [-0.3, -0.25) is 0 Å². The molecule has 9 aromatic rings. The van der Waals surface area contributed by atoms with Gasteiger partial charge in [0.2, 0.25) is 0 Å². The Morgan fingerprint density at radius 1 is 0.289 bits per heavy atom. The molecule has 0 saturated heterocycles. The van der Waals surface area contributed by atoms with Gasteiger partial charge in [-0.15, -0.1) is 11.3 Å². The minimum atomic E-state index is 1.22. The lowest BCUT2D eigenvalue weighted by molar-refractivity contribution is 1.58. The molecule has 0 amide bonds. The van der Waals surface area contributed by atoms with Crippen molar-refractivity contribution in [3.05, 3.63) is 170 Å². The molecule has 0 nitrogen and oxygen atoms in total. The van der Waals surface area contributed by atoms with Crippen molar-refractivity contribution < 1.29 is 0 Å². The zero-order valence-electron chi connectivity index (χ0n) is 24.6. The Morgan fingerprint density at radius 2 is 0.822 bits per heavy atom. The summed E-state index contributed by atoms with van der Waals surface area (Å²) in [5.74, 6) is 0. The van der Waals surface area contributed by atoms with E-state index >= 15 is 0 Å². The standard InChI is InChI=1S/C44H28S/c1-2-12-36-35(9-1)28-42(39-14-4-3-13-38(36)39)32-25-21-30(22-26-32)34-11-7-10-33(27-34)29-19-23-31(24-20-29)37-16-8-17-41-40-15-5-6-18-43(40)45-44(37)41/h1-28H. The van der Waals surface area contributed by atoms with Gasteiger partial charge in [0, 0.05) is 20.2 Å². The predicted octanol–water partition coefficient (Wildman–Crippen LogP) is 13.0. The molecule has 210 valence electrons. The highest BCUT2D eigenvalue weighted by molar-refractivity contribution is 7.26. The maximum atomic E-state index is 2.33. The molecule has 45 heavy (non-hydrogen) atoms. The maximum Gasteiger partial charge on any atom is 0.0433 e. The lowest BCUT2D eigenvalue weighted by Gasteiger charge is -2.12. The lowest BCUT2D eigenvalue weighted by atomic mass is 9.92. The molecule has 0 atom stereocenters. The van der Waals surface area contributed by atoms with Crippen LogP contribution in [0.25, 0.3) is 86.2 Å². The van der Waals surface area contributed by atoms with Crippen LogP contribution < -0.4 is 0 Å². The third-order valence-electron chi connectivity index (χ3n) is 9.09. The third-order valence-corrected chi connectivity index (χ3v) is 10.3. The molecular weight excluding hydrogens is 561 g/mol. The summed E-state index contributed by atoms with van der Waals surface area (Å²) in [7, 11) is 0. The number of hydrogen-bond acceptors (Lipinski definition) is 1. The Kier molecular flexibility index (Phi) is 6.11. The molecule has 1 heterocycles. The number of rotatable bonds is 4. The van der Waals surface area contributed by atoms with Gasteiger partial charge in [0.25, 0.3) is 0 Å². The van der Waals surface area contributed by atoms with Crippen LogP contribution in [-0.4, -0.2) is 0 Å². The first-order valence-corrected chi connectivity index (χ1v) is 16.2. The van der Waals surface area contributed by atoms with Gasteiger partial charge in [-0.25, -0.2) is 0 Å². The smallest absolute Gasteiger partial charge is 0.0433 e. The molecular formula is C44H28S. The summed E-state index contributed by atoms with van der Waals surface area (Å²) >= 11 is 1.88. The normalized spacial score (nSPS) is 11.6. The Balaban J connectivity index is 1.04. The van der Waals surface area contributed by atoms with Crippen LogP contribution in [-0.2, 0) is 0 Å².